The fourth-order valence-corrected chi connectivity index (χ4v) is 1.93. The summed E-state index contributed by atoms with van der Waals surface area (Å²) in [5.74, 6) is 0.849. The molecule has 0 saturated heterocycles. The number of ether oxygens (including phenoxy) is 3. The predicted octanol–water partition coefficient (Wildman–Crippen LogP) is 0.551. The molecular weight excluding hydrogens is 244 g/mol. The highest BCUT2D eigenvalue weighted by Crippen LogP contribution is 2.36. The summed E-state index contributed by atoms with van der Waals surface area (Å²) in [5.41, 5.74) is 0.686. The predicted molar refractivity (Wildman–Crippen MR) is 62.0 cm³/mol. The van der Waals surface area contributed by atoms with Gasteiger partial charge < -0.3 is 14.2 Å². The SMILES string of the molecule is COc1cc(OC)c2c(c1)OC(=O)C(=S=O)C2. The molecule has 2 rings (SSSR count). The monoisotopic (exact) mass is 254 g/mol. The molecule has 0 fully saturated rings. The summed E-state index contributed by atoms with van der Waals surface area (Å²) in [6.07, 6.45) is 0.232. The summed E-state index contributed by atoms with van der Waals surface area (Å²) in [6.45, 7) is 0. The zero-order chi connectivity index (χ0) is 12.4. The molecule has 0 radical (unpaired) electrons. The Kier molecular flexibility index (Phi) is 3.14. The first kappa shape index (κ1) is 11.7. The summed E-state index contributed by atoms with van der Waals surface area (Å²) in [5, 5.41) is 0. The number of carbonyl (C=O) groups is 1. The fourth-order valence-electron chi connectivity index (χ4n) is 1.61. The molecule has 0 N–H and O–H groups in total. The minimum atomic E-state index is -0.604. The maximum Gasteiger partial charge on any atom is 0.353 e. The Hall–Kier alpha value is -1.82. The van der Waals surface area contributed by atoms with Crippen LogP contribution in [0.4, 0.5) is 0 Å². The lowest BCUT2D eigenvalue weighted by Crippen LogP contribution is -2.28. The molecule has 0 aliphatic carbocycles. The second-order valence-electron chi connectivity index (χ2n) is 3.38. The van der Waals surface area contributed by atoms with Crippen molar-refractivity contribution in [2.75, 3.05) is 14.2 Å². The number of esters is 1. The van der Waals surface area contributed by atoms with Crippen molar-refractivity contribution in [3.8, 4) is 17.2 Å². The van der Waals surface area contributed by atoms with Crippen molar-refractivity contribution in [2.45, 2.75) is 6.42 Å². The standard InChI is InChI=1S/C11H10O5S/c1-14-6-3-8(15-2)7-5-10(17-13)11(12)16-9(7)4-6/h3-4H,5H2,1-2H3. The van der Waals surface area contributed by atoms with Gasteiger partial charge in [0.2, 0.25) is 0 Å². The highest BCUT2D eigenvalue weighted by atomic mass is 32.1. The topological polar surface area (TPSA) is 61.8 Å². The molecule has 17 heavy (non-hydrogen) atoms. The average molecular weight is 254 g/mol. The first-order valence-corrected chi connectivity index (χ1v) is 5.56. The maximum atomic E-state index is 11.4. The van der Waals surface area contributed by atoms with Crippen LogP contribution >= 0.6 is 0 Å². The summed E-state index contributed by atoms with van der Waals surface area (Å²) >= 11 is 0.152. The van der Waals surface area contributed by atoms with Crippen molar-refractivity contribution in [1.82, 2.24) is 0 Å². The van der Waals surface area contributed by atoms with Crippen LogP contribution in [0.3, 0.4) is 0 Å². The maximum absolute atomic E-state index is 11.4. The molecule has 5 nitrogen and oxygen atoms in total. The van der Waals surface area contributed by atoms with E-state index in [1.165, 1.54) is 14.2 Å². The third kappa shape index (κ3) is 2.03. The van der Waals surface area contributed by atoms with Gasteiger partial charge in [0, 0.05) is 24.1 Å². The first-order chi connectivity index (χ1) is 8.19. The quantitative estimate of drug-likeness (QED) is 0.438. The Morgan fingerprint density at radius 2 is 2.06 bits per heavy atom. The molecule has 1 heterocycles. The van der Waals surface area contributed by atoms with Gasteiger partial charge in [0.05, 0.1) is 14.2 Å². The van der Waals surface area contributed by atoms with Gasteiger partial charge in [0.1, 0.15) is 33.4 Å². The van der Waals surface area contributed by atoms with Gasteiger partial charge in [-0.2, -0.15) is 0 Å². The number of methoxy groups -OCH3 is 2. The van der Waals surface area contributed by atoms with E-state index in [0.717, 1.165) is 0 Å². The van der Waals surface area contributed by atoms with Crippen LogP contribution in [0.5, 0.6) is 17.2 Å². The summed E-state index contributed by atoms with van der Waals surface area (Å²) in [7, 11) is 3.02. The summed E-state index contributed by atoms with van der Waals surface area (Å²) < 4.78 is 26.1. The lowest BCUT2D eigenvalue weighted by Gasteiger charge is -2.19. The minimum Gasteiger partial charge on any atom is -0.496 e. The molecule has 0 amide bonds. The van der Waals surface area contributed by atoms with Crippen LogP contribution in [0.15, 0.2) is 12.1 Å². The molecule has 90 valence electrons. The Labute approximate surface area is 101 Å². The molecule has 0 atom stereocenters. The van der Waals surface area contributed by atoms with E-state index < -0.39 is 5.97 Å². The second kappa shape index (κ2) is 4.58. The van der Waals surface area contributed by atoms with E-state index in [2.05, 4.69) is 0 Å². The molecule has 0 bridgehead atoms. The Morgan fingerprint density at radius 3 is 2.65 bits per heavy atom. The van der Waals surface area contributed by atoms with E-state index in [4.69, 9.17) is 14.2 Å². The number of rotatable bonds is 2. The molecule has 1 aromatic carbocycles. The van der Waals surface area contributed by atoms with Crippen LogP contribution in [-0.2, 0) is 22.5 Å². The number of hydrogen-bond donors (Lipinski definition) is 0. The van der Waals surface area contributed by atoms with E-state index >= 15 is 0 Å². The fraction of sp³-hybridized carbons (Fsp3) is 0.273. The summed E-state index contributed by atoms with van der Waals surface area (Å²) in [6, 6.07) is 3.28. The highest BCUT2D eigenvalue weighted by molar-refractivity contribution is 7.68. The molecular formula is C11H10O5S. The lowest BCUT2D eigenvalue weighted by molar-refractivity contribution is -0.127. The summed E-state index contributed by atoms with van der Waals surface area (Å²) in [4.78, 5) is 11.6. The minimum absolute atomic E-state index is 0.126. The average Bonchev–Trinajstić information content (AvgIpc) is 2.36. The number of carbonyl (C=O) groups excluding carboxylic acids is 1. The van der Waals surface area contributed by atoms with Crippen molar-refractivity contribution >= 4 is 22.1 Å². The Bertz CT molecular complexity index is 531. The first-order valence-electron chi connectivity index (χ1n) is 4.82. The van der Waals surface area contributed by atoms with Crippen LogP contribution in [-0.4, -0.2) is 29.3 Å². The van der Waals surface area contributed by atoms with Gasteiger partial charge >= 0.3 is 5.97 Å². The van der Waals surface area contributed by atoms with Crippen molar-refractivity contribution in [2.24, 2.45) is 0 Å². The van der Waals surface area contributed by atoms with Crippen LogP contribution in [0.2, 0.25) is 0 Å². The molecule has 1 aliphatic heterocycles. The smallest absolute Gasteiger partial charge is 0.353 e. The molecule has 0 unspecified atom stereocenters. The van der Waals surface area contributed by atoms with Crippen molar-refractivity contribution < 1.29 is 23.2 Å². The zero-order valence-corrected chi connectivity index (χ0v) is 10.1. The molecule has 0 spiro atoms. The Balaban J connectivity index is 2.57. The van der Waals surface area contributed by atoms with Gasteiger partial charge in [-0.3, -0.25) is 0 Å². The third-order valence-corrected chi connectivity index (χ3v) is 2.98. The van der Waals surface area contributed by atoms with E-state index in [-0.39, 0.29) is 22.5 Å². The third-order valence-electron chi connectivity index (χ3n) is 2.47. The normalized spacial score (nSPS) is 13.8. The van der Waals surface area contributed by atoms with E-state index in [1.807, 2.05) is 0 Å². The van der Waals surface area contributed by atoms with Crippen LogP contribution in [0.25, 0.3) is 0 Å². The van der Waals surface area contributed by atoms with Gasteiger partial charge in [-0.1, -0.05) is 0 Å². The van der Waals surface area contributed by atoms with E-state index in [1.54, 1.807) is 12.1 Å². The van der Waals surface area contributed by atoms with Crippen molar-refractivity contribution in [3.05, 3.63) is 17.7 Å². The van der Waals surface area contributed by atoms with Gasteiger partial charge in [-0.05, 0) is 0 Å². The number of benzene rings is 1. The van der Waals surface area contributed by atoms with E-state index in [9.17, 15) is 9.00 Å². The van der Waals surface area contributed by atoms with Crippen LogP contribution in [0, 0.1) is 0 Å². The van der Waals surface area contributed by atoms with Crippen LogP contribution < -0.4 is 14.2 Å². The zero-order valence-electron chi connectivity index (χ0n) is 9.31. The molecule has 1 aromatic rings. The van der Waals surface area contributed by atoms with Gasteiger partial charge in [0.25, 0.3) is 0 Å². The lowest BCUT2D eigenvalue weighted by atomic mass is 10.0. The van der Waals surface area contributed by atoms with Crippen LogP contribution in [0.1, 0.15) is 5.56 Å². The van der Waals surface area contributed by atoms with E-state index in [0.29, 0.717) is 22.8 Å². The highest BCUT2D eigenvalue weighted by Gasteiger charge is 2.27. The molecule has 0 saturated carbocycles. The second-order valence-corrected chi connectivity index (χ2v) is 4.04. The molecule has 0 aromatic heterocycles. The van der Waals surface area contributed by atoms with Crippen molar-refractivity contribution in [1.29, 1.82) is 0 Å². The number of hydrogen-bond acceptors (Lipinski definition) is 5. The molecule has 6 heteroatoms. The largest absolute Gasteiger partial charge is 0.496 e. The van der Waals surface area contributed by atoms with Gasteiger partial charge in [-0.25, -0.2) is 9.00 Å². The Morgan fingerprint density at radius 1 is 1.29 bits per heavy atom. The van der Waals surface area contributed by atoms with Gasteiger partial charge in [-0.15, -0.1) is 0 Å². The van der Waals surface area contributed by atoms with Crippen molar-refractivity contribution in [3.63, 3.8) is 0 Å². The number of fused-ring (bicyclic) bond motifs is 1. The molecule has 1 aliphatic rings. The van der Waals surface area contributed by atoms with Gasteiger partial charge in [0.15, 0.2) is 0 Å².